The van der Waals surface area contributed by atoms with Gasteiger partial charge < -0.3 is 20.4 Å². The van der Waals surface area contributed by atoms with E-state index in [9.17, 15) is 14.0 Å². The number of hydrogen-bond donors (Lipinski definition) is 3. The van der Waals surface area contributed by atoms with Gasteiger partial charge in [-0.25, -0.2) is 9.18 Å². The number of halogens is 1. The second-order valence-corrected chi connectivity index (χ2v) is 5.40. The molecule has 0 bridgehead atoms. The van der Waals surface area contributed by atoms with E-state index in [1.54, 1.807) is 13.2 Å². The average molecular weight is 341 g/mol. The van der Waals surface area contributed by atoms with Gasteiger partial charge in [-0.15, -0.1) is 0 Å². The number of nitrogens with one attached hydrogen (secondary N) is 3. The normalized spacial score (nSPS) is 10.5. The van der Waals surface area contributed by atoms with E-state index in [1.807, 2.05) is 24.3 Å². The lowest BCUT2D eigenvalue weighted by molar-refractivity contribution is 0.251. The first-order valence-corrected chi connectivity index (χ1v) is 7.55. The predicted molar refractivity (Wildman–Crippen MR) is 93.4 cm³/mol. The summed E-state index contributed by atoms with van der Waals surface area (Å²) in [6, 6.07) is 12.4. The lowest BCUT2D eigenvalue weighted by Crippen LogP contribution is -2.28. The number of amides is 2. The number of anilines is 1. The van der Waals surface area contributed by atoms with Gasteiger partial charge in [0.2, 0.25) is 5.56 Å². The van der Waals surface area contributed by atoms with Gasteiger partial charge in [0.05, 0.1) is 12.6 Å². The van der Waals surface area contributed by atoms with Gasteiger partial charge in [-0.2, -0.15) is 0 Å². The van der Waals surface area contributed by atoms with Gasteiger partial charge in [-0.1, -0.05) is 12.1 Å². The molecule has 1 aromatic heterocycles. The van der Waals surface area contributed by atoms with Crippen molar-refractivity contribution in [2.75, 3.05) is 12.4 Å². The number of H-pyrrole nitrogens is 1. The Hall–Kier alpha value is -3.35. The van der Waals surface area contributed by atoms with Crippen molar-refractivity contribution in [3.05, 3.63) is 70.3 Å². The first-order chi connectivity index (χ1) is 12.0. The zero-order chi connectivity index (χ0) is 17.8. The molecule has 0 aliphatic rings. The van der Waals surface area contributed by atoms with Crippen molar-refractivity contribution >= 4 is 22.6 Å². The van der Waals surface area contributed by atoms with E-state index in [-0.39, 0.29) is 11.1 Å². The van der Waals surface area contributed by atoms with Gasteiger partial charge in [-0.3, -0.25) is 4.79 Å². The minimum Gasteiger partial charge on any atom is -0.497 e. The van der Waals surface area contributed by atoms with Crippen LogP contribution in [0.5, 0.6) is 5.75 Å². The summed E-state index contributed by atoms with van der Waals surface area (Å²) in [5.41, 5.74) is 0.884. The molecule has 0 fully saturated rings. The zero-order valence-corrected chi connectivity index (χ0v) is 13.4. The van der Waals surface area contributed by atoms with Crippen LogP contribution in [0.25, 0.3) is 10.9 Å². The van der Waals surface area contributed by atoms with E-state index in [2.05, 4.69) is 15.6 Å². The molecule has 2 amide bonds. The fourth-order valence-electron chi connectivity index (χ4n) is 2.43. The van der Waals surface area contributed by atoms with Gasteiger partial charge in [-0.05, 0) is 35.9 Å². The van der Waals surface area contributed by atoms with E-state index in [4.69, 9.17) is 4.74 Å². The Labute approximate surface area is 142 Å². The summed E-state index contributed by atoms with van der Waals surface area (Å²) in [4.78, 5) is 25.7. The molecule has 2 aromatic carbocycles. The quantitative estimate of drug-likeness (QED) is 0.682. The summed E-state index contributed by atoms with van der Waals surface area (Å²) in [7, 11) is 1.57. The second-order valence-electron chi connectivity index (χ2n) is 5.40. The molecule has 128 valence electrons. The molecule has 0 aliphatic heterocycles. The van der Waals surface area contributed by atoms with Crippen molar-refractivity contribution in [2.45, 2.75) is 6.54 Å². The third-order valence-electron chi connectivity index (χ3n) is 3.63. The van der Waals surface area contributed by atoms with Crippen molar-refractivity contribution in [1.29, 1.82) is 0 Å². The van der Waals surface area contributed by atoms with Crippen molar-refractivity contribution < 1.29 is 13.9 Å². The van der Waals surface area contributed by atoms with E-state index in [0.717, 1.165) is 11.6 Å². The summed E-state index contributed by atoms with van der Waals surface area (Å²) >= 11 is 0. The van der Waals surface area contributed by atoms with Crippen LogP contribution in [0.2, 0.25) is 0 Å². The summed E-state index contributed by atoms with van der Waals surface area (Å²) in [6.07, 6.45) is 0. The van der Waals surface area contributed by atoms with E-state index < -0.39 is 11.8 Å². The molecule has 0 unspecified atom stereocenters. The Morgan fingerprint density at radius 2 is 2.04 bits per heavy atom. The van der Waals surface area contributed by atoms with E-state index in [0.29, 0.717) is 23.4 Å². The van der Waals surface area contributed by atoms with Crippen molar-refractivity contribution in [1.82, 2.24) is 10.3 Å². The molecular formula is C18H16FN3O3. The number of hydrogen-bond acceptors (Lipinski definition) is 3. The van der Waals surface area contributed by atoms with Gasteiger partial charge in [0.15, 0.2) is 0 Å². The van der Waals surface area contributed by atoms with Crippen LogP contribution in [-0.2, 0) is 6.54 Å². The Balaban J connectivity index is 1.69. The molecule has 25 heavy (non-hydrogen) atoms. The molecule has 0 saturated heterocycles. The maximum atomic E-state index is 14.1. The fourth-order valence-corrected chi connectivity index (χ4v) is 2.43. The zero-order valence-electron chi connectivity index (χ0n) is 13.4. The van der Waals surface area contributed by atoms with Crippen LogP contribution < -0.4 is 20.9 Å². The number of rotatable bonds is 4. The molecule has 0 atom stereocenters. The summed E-state index contributed by atoms with van der Waals surface area (Å²) < 4.78 is 19.2. The number of aromatic amines is 1. The summed E-state index contributed by atoms with van der Waals surface area (Å²) in [6.45, 7) is 0.298. The third kappa shape index (κ3) is 3.95. The third-order valence-corrected chi connectivity index (χ3v) is 3.63. The van der Waals surface area contributed by atoms with Crippen LogP contribution in [0.4, 0.5) is 14.9 Å². The van der Waals surface area contributed by atoms with Crippen LogP contribution in [0, 0.1) is 5.82 Å². The molecule has 3 rings (SSSR count). The molecular weight excluding hydrogens is 325 g/mol. The van der Waals surface area contributed by atoms with Crippen molar-refractivity contribution in [3.8, 4) is 5.75 Å². The Bertz CT molecular complexity index is 985. The fraction of sp³-hybridized carbons (Fsp3) is 0.111. The molecule has 3 N–H and O–H groups in total. The van der Waals surface area contributed by atoms with Crippen molar-refractivity contribution in [3.63, 3.8) is 0 Å². The second kappa shape index (κ2) is 7.04. The molecule has 0 saturated carbocycles. The molecule has 7 heteroatoms. The van der Waals surface area contributed by atoms with Crippen LogP contribution in [0.15, 0.2) is 53.3 Å². The monoisotopic (exact) mass is 341 g/mol. The maximum Gasteiger partial charge on any atom is 0.319 e. The number of carbonyl (C=O) groups excluding carboxylic acids is 1. The summed E-state index contributed by atoms with van der Waals surface area (Å²) in [5.74, 6) is 0.0867. The standard InChI is InChI=1S/C18H16FN3O3/c1-25-14-4-2-3-11(7-14)10-20-18(24)21-13-8-12-5-6-16(23)22-17(12)15(19)9-13/h2-9H,10H2,1H3,(H,22,23)(H2,20,21,24). The molecule has 6 nitrogen and oxygen atoms in total. The highest BCUT2D eigenvalue weighted by atomic mass is 19.1. The molecule has 3 aromatic rings. The average Bonchev–Trinajstić information content (AvgIpc) is 2.61. The van der Waals surface area contributed by atoms with Crippen LogP contribution >= 0.6 is 0 Å². The lowest BCUT2D eigenvalue weighted by Gasteiger charge is -2.10. The number of carbonyl (C=O) groups is 1. The van der Waals surface area contributed by atoms with Crippen molar-refractivity contribution in [2.24, 2.45) is 0 Å². The maximum absolute atomic E-state index is 14.1. The SMILES string of the molecule is COc1cccc(CNC(=O)Nc2cc(F)c3[nH]c(=O)ccc3c2)c1. The highest BCUT2D eigenvalue weighted by Crippen LogP contribution is 2.20. The van der Waals surface area contributed by atoms with Gasteiger partial charge >= 0.3 is 6.03 Å². The Morgan fingerprint density at radius 3 is 2.84 bits per heavy atom. The van der Waals surface area contributed by atoms with E-state index >= 15 is 0 Å². The molecule has 0 radical (unpaired) electrons. The van der Waals surface area contributed by atoms with E-state index in [1.165, 1.54) is 12.1 Å². The number of methoxy groups -OCH3 is 1. The lowest BCUT2D eigenvalue weighted by atomic mass is 10.2. The number of urea groups is 1. The first-order valence-electron chi connectivity index (χ1n) is 7.55. The Morgan fingerprint density at radius 1 is 1.20 bits per heavy atom. The number of benzene rings is 2. The summed E-state index contributed by atoms with van der Waals surface area (Å²) in [5, 5.41) is 5.75. The number of ether oxygens (including phenoxy) is 1. The highest BCUT2D eigenvalue weighted by Gasteiger charge is 2.08. The van der Waals surface area contributed by atoms with Gasteiger partial charge in [0.25, 0.3) is 0 Å². The van der Waals surface area contributed by atoms with Gasteiger partial charge in [0.1, 0.15) is 11.6 Å². The topological polar surface area (TPSA) is 83.2 Å². The first kappa shape index (κ1) is 16.5. The highest BCUT2D eigenvalue weighted by molar-refractivity contribution is 5.92. The van der Waals surface area contributed by atoms with Crippen LogP contribution in [-0.4, -0.2) is 18.1 Å². The van der Waals surface area contributed by atoms with Crippen LogP contribution in [0.1, 0.15) is 5.56 Å². The van der Waals surface area contributed by atoms with Gasteiger partial charge in [0, 0.05) is 23.7 Å². The predicted octanol–water partition coefficient (Wildman–Crippen LogP) is 3.00. The smallest absolute Gasteiger partial charge is 0.319 e. The molecule has 1 heterocycles. The molecule has 0 aliphatic carbocycles. The number of fused-ring (bicyclic) bond motifs is 1. The largest absolute Gasteiger partial charge is 0.497 e. The minimum atomic E-state index is -0.613. The minimum absolute atomic E-state index is 0.106. The number of pyridine rings is 1. The van der Waals surface area contributed by atoms with Crippen LogP contribution in [0.3, 0.4) is 0 Å². The molecule has 0 spiro atoms. The number of aromatic nitrogens is 1. The Kier molecular flexibility index (Phi) is 4.65.